The molecule has 4 nitrogen and oxygen atoms in total. The number of pyridine rings is 1. The highest BCUT2D eigenvalue weighted by Gasteiger charge is 2.32. The number of hydrogen-bond donors (Lipinski definition) is 0. The van der Waals surface area contributed by atoms with Gasteiger partial charge in [0, 0.05) is 31.3 Å². The number of rotatable bonds is 2. The Morgan fingerprint density at radius 3 is 3.00 bits per heavy atom. The fourth-order valence-corrected chi connectivity index (χ4v) is 2.90. The molecule has 1 aliphatic heterocycles. The van der Waals surface area contributed by atoms with Gasteiger partial charge in [-0.15, -0.1) is 0 Å². The van der Waals surface area contributed by atoms with Crippen LogP contribution in [0.3, 0.4) is 0 Å². The smallest absolute Gasteiger partial charge is 0.228 e. The van der Waals surface area contributed by atoms with Gasteiger partial charge in [0.1, 0.15) is 0 Å². The number of amides is 1. The second kappa shape index (κ2) is 4.87. The molecule has 17 heavy (non-hydrogen) atoms. The highest BCUT2D eigenvalue weighted by molar-refractivity contribution is 8.14. The number of nitrogens with zero attached hydrogens (tertiary/aromatic N) is 2. The number of carbonyl (C=O) groups is 2. The van der Waals surface area contributed by atoms with Crippen LogP contribution in [0.15, 0.2) is 18.3 Å². The third-order valence-corrected chi connectivity index (χ3v) is 3.67. The first-order chi connectivity index (χ1) is 8.08. The second-order valence-corrected chi connectivity index (χ2v) is 5.53. The normalized spacial score (nSPS) is 19.8. The van der Waals surface area contributed by atoms with Crippen molar-refractivity contribution in [1.82, 2.24) is 4.98 Å². The molecule has 1 fully saturated rings. The molecule has 1 amide bonds. The van der Waals surface area contributed by atoms with Gasteiger partial charge in [0.05, 0.1) is 11.4 Å². The lowest BCUT2D eigenvalue weighted by Gasteiger charge is -2.17. The molecule has 0 radical (unpaired) electrons. The fraction of sp³-hybridized carbons (Fsp3) is 0.417. The topological polar surface area (TPSA) is 50.3 Å². The maximum Gasteiger partial charge on any atom is 0.228 e. The van der Waals surface area contributed by atoms with E-state index in [-0.39, 0.29) is 16.3 Å². The van der Waals surface area contributed by atoms with Crippen molar-refractivity contribution in [2.75, 3.05) is 11.4 Å². The minimum Gasteiger partial charge on any atom is -0.309 e. The van der Waals surface area contributed by atoms with Crippen LogP contribution < -0.4 is 4.90 Å². The zero-order valence-corrected chi connectivity index (χ0v) is 10.7. The first kappa shape index (κ1) is 12.1. The highest BCUT2D eigenvalue weighted by Crippen LogP contribution is 2.29. The molecule has 0 N–H and O–H groups in total. The lowest BCUT2D eigenvalue weighted by atomic mass is 10.3. The molecular formula is C12H14N2O2S. The summed E-state index contributed by atoms with van der Waals surface area (Å²) < 4.78 is 0. The minimum absolute atomic E-state index is 0.0626. The molecular weight excluding hydrogens is 236 g/mol. The Labute approximate surface area is 104 Å². The summed E-state index contributed by atoms with van der Waals surface area (Å²) in [6.45, 7) is 4.01. The summed E-state index contributed by atoms with van der Waals surface area (Å²) in [4.78, 5) is 28.8. The third kappa shape index (κ3) is 2.66. The summed E-state index contributed by atoms with van der Waals surface area (Å²) in [6.07, 6.45) is 2.14. The van der Waals surface area contributed by atoms with Crippen LogP contribution >= 0.6 is 11.8 Å². The Kier molecular flexibility index (Phi) is 3.47. The van der Waals surface area contributed by atoms with E-state index in [0.717, 1.165) is 11.4 Å². The summed E-state index contributed by atoms with van der Waals surface area (Å²) >= 11 is 1.25. The Hall–Kier alpha value is -1.36. The monoisotopic (exact) mass is 250 g/mol. The predicted octanol–water partition coefficient (Wildman–Crippen LogP) is 1.78. The average molecular weight is 250 g/mol. The van der Waals surface area contributed by atoms with Crippen molar-refractivity contribution in [3.8, 4) is 0 Å². The van der Waals surface area contributed by atoms with Crippen LogP contribution in [0.1, 0.15) is 19.0 Å². The van der Waals surface area contributed by atoms with Crippen LogP contribution in [0.2, 0.25) is 0 Å². The standard InChI is InChI=1S/C12H14N2O2S/c1-8-11(4-3-5-13-8)14-7-10(6-12(14)16)17-9(2)15/h3-5,10H,6-7H2,1-2H3. The van der Waals surface area contributed by atoms with Gasteiger partial charge in [-0.05, 0) is 19.1 Å². The molecule has 0 bridgehead atoms. The van der Waals surface area contributed by atoms with E-state index in [1.807, 2.05) is 19.1 Å². The van der Waals surface area contributed by atoms with E-state index >= 15 is 0 Å². The molecule has 1 atom stereocenters. The summed E-state index contributed by atoms with van der Waals surface area (Å²) in [5.74, 6) is 0.0693. The van der Waals surface area contributed by atoms with Crippen molar-refractivity contribution in [3.05, 3.63) is 24.0 Å². The zero-order valence-electron chi connectivity index (χ0n) is 9.84. The Morgan fingerprint density at radius 2 is 2.35 bits per heavy atom. The number of aromatic nitrogens is 1. The van der Waals surface area contributed by atoms with Gasteiger partial charge in [-0.25, -0.2) is 0 Å². The number of carbonyl (C=O) groups excluding carboxylic acids is 2. The molecule has 2 heterocycles. The summed E-state index contributed by atoms with van der Waals surface area (Å²) in [7, 11) is 0. The molecule has 90 valence electrons. The van der Waals surface area contributed by atoms with Crippen LogP contribution in [0.5, 0.6) is 0 Å². The van der Waals surface area contributed by atoms with E-state index in [4.69, 9.17) is 0 Å². The van der Waals surface area contributed by atoms with Crippen molar-refractivity contribution in [1.29, 1.82) is 0 Å². The molecule has 1 aliphatic rings. The highest BCUT2D eigenvalue weighted by atomic mass is 32.2. The van der Waals surface area contributed by atoms with E-state index < -0.39 is 0 Å². The van der Waals surface area contributed by atoms with Crippen molar-refractivity contribution in [2.24, 2.45) is 0 Å². The van der Waals surface area contributed by atoms with E-state index in [1.165, 1.54) is 18.7 Å². The number of aryl methyl sites for hydroxylation is 1. The minimum atomic E-state index is 0.0626. The van der Waals surface area contributed by atoms with Gasteiger partial charge in [-0.1, -0.05) is 11.8 Å². The van der Waals surface area contributed by atoms with E-state index in [1.54, 1.807) is 11.1 Å². The summed E-state index contributed by atoms with van der Waals surface area (Å²) in [5, 5.41) is 0.132. The van der Waals surface area contributed by atoms with E-state index in [0.29, 0.717) is 13.0 Å². The maximum atomic E-state index is 11.9. The molecule has 5 heteroatoms. The lowest BCUT2D eigenvalue weighted by Crippen LogP contribution is -2.25. The Bertz CT molecular complexity index is 462. The van der Waals surface area contributed by atoms with E-state index in [2.05, 4.69) is 4.98 Å². The van der Waals surface area contributed by atoms with Crippen LogP contribution in [-0.4, -0.2) is 27.8 Å². The van der Waals surface area contributed by atoms with Gasteiger partial charge < -0.3 is 4.90 Å². The zero-order chi connectivity index (χ0) is 12.4. The predicted molar refractivity (Wildman–Crippen MR) is 68.0 cm³/mol. The van der Waals surface area contributed by atoms with Gasteiger partial charge >= 0.3 is 0 Å². The van der Waals surface area contributed by atoms with Crippen molar-refractivity contribution in [2.45, 2.75) is 25.5 Å². The molecule has 1 saturated heterocycles. The molecule has 0 saturated carbocycles. The molecule has 0 aromatic carbocycles. The lowest BCUT2D eigenvalue weighted by molar-refractivity contribution is -0.117. The molecule has 1 aromatic heterocycles. The molecule has 2 rings (SSSR count). The molecule has 0 aliphatic carbocycles. The largest absolute Gasteiger partial charge is 0.309 e. The Morgan fingerprint density at radius 1 is 1.59 bits per heavy atom. The molecule has 1 unspecified atom stereocenters. The molecule has 1 aromatic rings. The maximum absolute atomic E-state index is 11.9. The number of anilines is 1. The van der Waals surface area contributed by atoms with Crippen molar-refractivity contribution < 1.29 is 9.59 Å². The van der Waals surface area contributed by atoms with Crippen LogP contribution in [-0.2, 0) is 9.59 Å². The summed E-state index contributed by atoms with van der Waals surface area (Å²) in [5.41, 5.74) is 1.69. The van der Waals surface area contributed by atoms with Gasteiger partial charge in [0.2, 0.25) is 5.91 Å². The second-order valence-electron chi connectivity index (χ2n) is 4.05. The number of hydrogen-bond acceptors (Lipinski definition) is 4. The van der Waals surface area contributed by atoms with Gasteiger partial charge in [0.15, 0.2) is 5.12 Å². The molecule has 0 spiro atoms. The number of thioether (sulfide) groups is 1. The van der Waals surface area contributed by atoms with Gasteiger partial charge in [-0.3, -0.25) is 14.6 Å². The SMILES string of the molecule is CC(=O)SC1CC(=O)N(c2cccnc2C)C1. The quantitative estimate of drug-likeness (QED) is 0.802. The summed E-state index contributed by atoms with van der Waals surface area (Å²) in [6, 6.07) is 3.71. The third-order valence-electron chi connectivity index (χ3n) is 2.69. The van der Waals surface area contributed by atoms with Crippen molar-refractivity contribution >= 4 is 28.5 Å². The average Bonchev–Trinajstić information content (AvgIpc) is 2.59. The van der Waals surface area contributed by atoms with Crippen LogP contribution in [0.4, 0.5) is 5.69 Å². The van der Waals surface area contributed by atoms with Crippen LogP contribution in [0.25, 0.3) is 0 Å². The van der Waals surface area contributed by atoms with Gasteiger partial charge in [0.25, 0.3) is 0 Å². The van der Waals surface area contributed by atoms with Crippen molar-refractivity contribution in [3.63, 3.8) is 0 Å². The Balaban J connectivity index is 2.16. The van der Waals surface area contributed by atoms with E-state index in [9.17, 15) is 9.59 Å². The first-order valence-electron chi connectivity index (χ1n) is 5.47. The van der Waals surface area contributed by atoms with Gasteiger partial charge in [-0.2, -0.15) is 0 Å². The first-order valence-corrected chi connectivity index (χ1v) is 6.35. The fourth-order valence-electron chi connectivity index (χ4n) is 1.98. The van der Waals surface area contributed by atoms with Crippen LogP contribution in [0, 0.1) is 6.92 Å².